The molecule has 1 aliphatic carbocycles. The van der Waals surface area contributed by atoms with Gasteiger partial charge in [0.1, 0.15) is 5.75 Å². The van der Waals surface area contributed by atoms with E-state index in [1.807, 2.05) is 24.3 Å². The van der Waals surface area contributed by atoms with Crippen molar-refractivity contribution in [1.82, 2.24) is 15.5 Å². The number of fused-ring (bicyclic) bond motifs is 1. The molecule has 1 saturated heterocycles. The molecule has 1 N–H and O–H groups in total. The summed E-state index contributed by atoms with van der Waals surface area (Å²) < 4.78 is 10.8. The Kier molecular flexibility index (Phi) is 3.58. The topological polar surface area (TPSA) is 60.2 Å². The first-order chi connectivity index (χ1) is 10.8. The Hall–Kier alpha value is -1.88. The zero-order chi connectivity index (χ0) is 14.9. The minimum atomic E-state index is 0.208. The van der Waals surface area contributed by atoms with E-state index >= 15 is 0 Å². The maximum absolute atomic E-state index is 5.52. The molecule has 2 aromatic rings. The molecule has 2 fully saturated rings. The number of nitrogens with one attached hydrogen (secondary N) is 1. The van der Waals surface area contributed by atoms with Crippen molar-refractivity contribution in [2.24, 2.45) is 5.92 Å². The van der Waals surface area contributed by atoms with Crippen LogP contribution < -0.4 is 10.1 Å². The number of rotatable bonds is 3. The minimum absolute atomic E-state index is 0.208. The number of hydrogen-bond donors (Lipinski definition) is 1. The van der Waals surface area contributed by atoms with Gasteiger partial charge < -0.3 is 14.6 Å². The van der Waals surface area contributed by atoms with Gasteiger partial charge in [0.15, 0.2) is 0 Å². The molecule has 0 radical (unpaired) electrons. The fraction of sp³-hybridized carbons (Fsp3) is 0.529. The van der Waals surface area contributed by atoms with Gasteiger partial charge in [-0.15, -0.1) is 0 Å². The van der Waals surface area contributed by atoms with E-state index in [-0.39, 0.29) is 6.04 Å². The highest BCUT2D eigenvalue weighted by Gasteiger charge is 2.38. The SMILES string of the molecule is COc1cccc(-c2noc(C3CC4CCCCC4N3)n2)c1. The summed E-state index contributed by atoms with van der Waals surface area (Å²) in [6.07, 6.45) is 6.40. The number of hydrogen-bond acceptors (Lipinski definition) is 5. The van der Waals surface area contributed by atoms with Crippen molar-refractivity contribution in [1.29, 1.82) is 0 Å². The third kappa shape index (κ3) is 2.50. The Balaban J connectivity index is 1.54. The summed E-state index contributed by atoms with van der Waals surface area (Å²) in [4.78, 5) is 4.60. The highest BCUT2D eigenvalue weighted by molar-refractivity contribution is 5.56. The molecule has 22 heavy (non-hydrogen) atoms. The summed E-state index contributed by atoms with van der Waals surface area (Å²) in [6.45, 7) is 0. The lowest BCUT2D eigenvalue weighted by Crippen LogP contribution is -2.30. The zero-order valence-electron chi connectivity index (χ0n) is 12.8. The average molecular weight is 299 g/mol. The fourth-order valence-corrected chi connectivity index (χ4v) is 3.77. The van der Waals surface area contributed by atoms with Crippen LogP contribution in [0.2, 0.25) is 0 Å². The van der Waals surface area contributed by atoms with E-state index in [1.54, 1.807) is 7.11 Å². The van der Waals surface area contributed by atoms with Crippen molar-refractivity contribution >= 4 is 0 Å². The molecular weight excluding hydrogens is 278 g/mol. The van der Waals surface area contributed by atoms with Crippen LogP contribution in [0.5, 0.6) is 5.75 Å². The van der Waals surface area contributed by atoms with Crippen LogP contribution in [0.15, 0.2) is 28.8 Å². The van der Waals surface area contributed by atoms with E-state index in [0.717, 1.165) is 23.7 Å². The molecule has 1 aromatic heterocycles. The molecule has 116 valence electrons. The number of methoxy groups -OCH3 is 1. The molecule has 3 atom stereocenters. The Bertz CT molecular complexity index is 641. The lowest BCUT2D eigenvalue weighted by atomic mass is 9.85. The van der Waals surface area contributed by atoms with Gasteiger partial charge in [-0.1, -0.05) is 30.1 Å². The van der Waals surface area contributed by atoms with Gasteiger partial charge >= 0.3 is 0 Å². The van der Waals surface area contributed by atoms with E-state index < -0.39 is 0 Å². The molecule has 0 amide bonds. The number of ether oxygens (including phenoxy) is 1. The first kappa shape index (κ1) is 13.8. The number of nitrogens with zero attached hydrogens (tertiary/aromatic N) is 2. The lowest BCUT2D eigenvalue weighted by Gasteiger charge is -2.24. The van der Waals surface area contributed by atoms with Crippen LogP contribution in [0.1, 0.15) is 44.0 Å². The molecule has 0 bridgehead atoms. The Morgan fingerprint density at radius 3 is 3.05 bits per heavy atom. The van der Waals surface area contributed by atoms with Crippen molar-refractivity contribution in [3.05, 3.63) is 30.2 Å². The molecule has 5 nitrogen and oxygen atoms in total. The normalized spacial score (nSPS) is 27.6. The van der Waals surface area contributed by atoms with Crippen LogP contribution in [-0.2, 0) is 0 Å². The first-order valence-corrected chi connectivity index (χ1v) is 8.07. The van der Waals surface area contributed by atoms with E-state index in [0.29, 0.717) is 17.8 Å². The summed E-state index contributed by atoms with van der Waals surface area (Å²) in [6, 6.07) is 8.58. The quantitative estimate of drug-likeness (QED) is 0.942. The molecule has 1 saturated carbocycles. The summed E-state index contributed by atoms with van der Waals surface area (Å²) >= 11 is 0. The smallest absolute Gasteiger partial charge is 0.244 e. The zero-order valence-corrected chi connectivity index (χ0v) is 12.8. The number of benzene rings is 1. The van der Waals surface area contributed by atoms with Gasteiger partial charge in [-0.2, -0.15) is 4.98 Å². The van der Waals surface area contributed by atoms with Crippen LogP contribution in [0.25, 0.3) is 11.4 Å². The van der Waals surface area contributed by atoms with Crippen molar-refractivity contribution in [2.45, 2.75) is 44.2 Å². The maximum atomic E-state index is 5.52. The van der Waals surface area contributed by atoms with Crippen LogP contribution in [0.4, 0.5) is 0 Å². The molecule has 5 heteroatoms. The highest BCUT2D eigenvalue weighted by Crippen LogP contribution is 2.39. The average Bonchev–Trinajstić information content (AvgIpc) is 3.21. The number of aromatic nitrogens is 2. The van der Waals surface area contributed by atoms with E-state index in [1.165, 1.54) is 25.7 Å². The second-order valence-corrected chi connectivity index (χ2v) is 6.29. The Morgan fingerprint density at radius 2 is 2.18 bits per heavy atom. The molecule has 4 rings (SSSR count). The molecule has 3 unspecified atom stereocenters. The van der Waals surface area contributed by atoms with Gasteiger partial charge in [0, 0.05) is 11.6 Å². The molecule has 2 heterocycles. The first-order valence-electron chi connectivity index (χ1n) is 8.07. The summed E-state index contributed by atoms with van der Waals surface area (Å²) in [5.41, 5.74) is 0.921. The monoisotopic (exact) mass is 299 g/mol. The van der Waals surface area contributed by atoms with Gasteiger partial charge in [-0.25, -0.2) is 0 Å². The van der Waals surface area contributed by atoms with E-state index in [2.05, 4.69) is 15.5 Å². The van der Waals surface area contributed by atoms with Crippen LogP contribution in [0, 0.1) is 5.92 Å². The lowest BCUT2D eigenvalue weighted by molar-refractivity contribution is 0.324. The largest absolute Gasteiger partial charge is 0.497 e. The second-order valence-electron chi connectivity index (χ2n) is 6.29. The maximum Gasteiger partial charge on any atom is 0.244 e. The highest BCUT2D eigenvalue weighted by atomic mass is 16.5. The van der Waals surface area contributed by atoms with Crippen molar-refractivity contribution in [3.8, 4) is 17.1 Å². The van der Waals surface area contributed by atoms with E-state index in [9.17, 15) is 0 Å². The molecule has 1 aromatic carbocycles. The predicted octanol–water partition coefficient (Wildman–Crippen LogP) is 3.34. The van der Waals surface area contributed by atoms with Crippen molar-refractivity contribution in [3.63, 3.8) is 0 Å². The molecule has 2 aliphatic rings. The van der Waals surface area contributed by atoms with E-state index in [4.69, 9.17) is 9.26 Å². The van der Waals surface area contributed by atoms with Crippen LogP contribution >= 0.6 is 0 Å². The fourth-order valence-electron chi connectivity index (χ4n) is 3.77. The summed E-state index contributed by atoms with van der Waals surface area (Å²) in [5, 5.41) is 7.82. The standard InChI is InChI=1S/C17H21N3O2/c1-21-13-7-4-6-12(9-13)16-19-17(22-20-16)15-10-11-5-2-3-8-14(11)18-15/h4,6-7,9,11,14-15,18H,2-3,5,8,10H2,1H3. The third-order valence-electron chi connectivity index (χ3n) is 4.93. The summed E-state index contributed by atoms with van der Waals surface area (Å²) in [5.74, 6) is 2.91. The van der Waals surface area contributed by atoms with Crippen molar-refractivity contribution < 1.29 is 9.26 Å². The van der Waals surface area contributed by atoms with Crippen molar-refractivity contribution in [2.75, 3.05) is 7.11 Å². The van der Waals surface area contributed by atoms with Gasteiger partial charge in [-0.3, -0.25) is 0 Å². The molecule has 0 spiro atoms. The Labute approximate surface area is 130 Å². The summed E-state index contributed by atoms with van der Waals surface area (Å²) in [7, 11) is 1.66. The van der Waals surface area contributed by atoms with Crippen LogP contribution in [0.3, 0.4) is 0 Å². The minimum Gasteiger partial charge on any atom is -0.497 e. The predicted molar refractivity (Wildman–Crippen MR) is 82.5 cm³/mol. The van der Waals surface area contributed by atoms with Gasteiger partial charge in [-0.05, 0) is 37.3 Å². The van der Waals surface area contributed by atoms with Crippen LogP contribution in [-0.4, -0.2) is 23.3 Å². The molecule has 1 aliphatic heterocycles. The Morgan fingerprint density at radius 1 is 1.27 bits per heavy atom. The molecular formula is C17H21N3O2. The third-order valence-corrected chi connectivity index (χ3v) is 4.93. The van der Waals surface area contributed by atoms with Gasteiger partial charge in [0.2, 0.25) is 11.7 Å². The van der Waals surface area contributed by atoms with Gasteiger partial charge in [0.05, 0.1) is 13.2 Å². The second kappa shape index (κ2) is 5.72. The van der Waals surface area contributed by atoms with Gasteiger partial charge in [0.25, 0.3) is 0 Å².